The number of hydrogen-bond acceptors (Lipinski definition) is 11. The van der Waals surface area contributed by atoms with Crippen LogP contribution in [0, 0.1) is 0 Å². The fourth-order valence-electron chi connectivity index (χ4n) is 7.24. The van der Waals surface area contributed by atoms with Crippen molar-refractivity contribution >= 4 is 23.9 Å². The summed E-state index contributed by atoms with van der Waals surface area (Å²) in [6.45, 7) is -0.568. The number of esters is 4. The molecule has 1 aromatic heterocycles. The van der Waals surface area contributed by atoms with Gasteiger partial charge >= 0.3 is 30.1 Å². The van der Waals surface area contributed by atoms with Crippen molar-refractivity contribution in [2.75, 3.05) is 6.61 Å². The van der Waals surface area contributed by atoms with Crippen LogP contribution < -0.4 is 0 Å². The van der Waals surface area contributed by atoms with Crippen molar-refractivity contribution in [3.63, 3.8) is 0 Å². The van der Waals surface area contributed by atoms with Crippen LogP contribution in [0.1, 0.15) is 64.5 Å². The van der Waals surface area contributed by atoms with Gasteiger partial charge in [0, 0.05) is 5.56 Å². The highest BCUT2D eigenvalue weighted by Gasteiger charge is 2.55. The molecule has 65 heavy (non-hydrogen) atoms. The van der Waals surface area contributed by atoms with Gasteiger partial charge in [0.2, 0.25) is 0 Å². The van der Waals surface area contributed by atoms with Gasteiger partial charge in [-0.1, -0.05) is 115 Å². The van der Waals surface area contributed by atoms with Crippen molar-refractivity contribution in [3.05, 3.63) is 215 Å². The fraction of sp³-hybridized carbons (Fsp3) is 0.160. The number of ether oxygens (including phenoxy) is 5. The van der Waals surface area contributed by atoms with Crippen LogP contribution in [0.2, 0.25) is 0 Å². The molecule has 328 valence electrons. The lowest BCUT2D eigenvalue weighted by molar-refractivity contribution is -0.233. The number of aromatic nitrogens is 3. The van der Waals surface area contributed by atoms with E-state index in [2.05, 4.69) is 10.2 Å². The molecule has 1 aliphatic heterocycles. The Morgan fingerprint density at radius 2 is 0.954 bits per heavy atom. The van der Waals surface area contributed by atoms with Crippen molar-refractivity contribution in [2.45, 2.75) is 43.2 Å². The van der Waals surface area contributed by atoms with E-state index in [1.165, 1.54) is 60.7 Å². The summed E-state index contributed by atoms with van der Waals surface area (Å²) < 4.78 is 74.0. The SMILES string of the molecule is O=C(OC[C@H]1O[C@@H](c2nnc(-c3ccc(C(F)(F)F)cc3)n2Cc2ccccc2)[C@H](OC(=O)c2ccccc2)[C@@H](OC(=O)c2ccccc2)[C@@H]1OC(=O)c1ccccc1)c1ccccc1. The molecule has 0 radical (unpaired) electrons. The smallest absolute Gasteiger partial charge is 0.416 e. The van der Waals surface area contributed by atoms with Crippen LogP contribution in [-0.4, -0.2) is 69.7 Å². The highest BCUT2D eigenvalue weighted by molar-refractivity contribution is 5.91. The normalized spacial score (nSPS) is 18.2. The molecule has 7 aromatic rings. The van der Waals surface area contributed by atoms with Crippen LogP contribution in [0.25, 0.3) is 11.4 Å². The van der Waals surface area contributed by atoms with Crippen LogP contribution in [0.15, 0.2) is 176 Å². The maximum atomic E-state index is 14.2. The van der Waals surface area contributed by atoms with E-state index in [1.807, 2.05) is 12.1 Å². The number of rotatable bonds is 13. The third-order valence-corrected chi connectivity index (χ3v) is 10.5. The molecule has 1 saturated heterocycles. The molecular formula is C50H38F3N3O9. The molecule has 6 aromatic carbocycles. The van der Waals surface area contributed by atoms with Crippen molar-refractivity contribution in [2.24, 2.45) is 0 Å². The van der Waals surface area contributed by atoms with Crippen molar-refractivity contribution in [3.8, 4) is 11.4 Å². The Kier molecular flexibility index (Phi) is 13.2. The number of benzene rings is 6. The van der Waals surface area contributed by atoms with Gasteiger partial charge in [-0.3, -0.25) is 0 Å². The molecular weight excluding hydrogens is 844 g/mol. The molecule has 0 bridgehead atoms. The third kappa shape index (κ3) is 10.3. The Hall–Kier alpha value is -7.91. The largest absolute Gasteiger partial charge is 0.459 e. The molecule has 15 heteroatoms. The molecule has 0 N–H and O–H groups in total. The molecule has 0 unspecified atom stereocenters. The summed E-state index contributed by atoms with van der Waals surface area (Å²) >= 11 is 0. The van der Waals surface area contributed by atoms with Gasteiger partial charge in [-0.25, -0.2) is 19.2 Å². The zero-order chi connectivity index (χ0) is 45.3. The molecule has 5 atom stereocenters. The second-order valence-corrected chi connectivity index (χ2v) is 14.8. The first-order valence-electron chi connectivity index (χ1n) is 20.3. The van der Waals surface area contributed by atoms with Crippen LogP contribution in [0.5, 0.6) is 0 Å². The Bertz CT molecular complexity index is 2720. The van der Waals surface area contributed by atoms with E-state index < -0.39 is 72.7 Å². The van der Waals surface area contributed by atoms with Crippen LogP contribution >= 0.6 is 0 Å². The predicted octanol–water partition coefficient (Wildman–Crippen LogP) is 8.99. The molecule has 8 rings (SSSR count). The van der Waals surface area contributed by atoms with Crippen LogP contribution in [-0.2, 0) is 36.4 Å². The van der Waals surface area contributed by atoms with Crippen molar-refractivity contribution in [1.29, 1.82) is 0 Å². The van der Waals surface area contributed by atoms with Gasteiger partial charge in [-0.15, -0.1) is 10.2 Å². The van der Waals surface area contributed by atoms with Gasteiger partial charge in [-0.05, 0) is 66.2 Å². The first-order chi connectivity index (χ1) is 31.5. The molecule has 0 spiro atoms. The lowest BCUT2D eigenvalue weighted by Crippen LogP contribution is -2.60. The highest BCUT2D eigenvalue weighted by Crippen LogP contribution is 2.40. The number of halogens is 3. The van der Waals surface area contributed by atoms with Gasteiger partial charge in [-0.2, -0.15) is 13.2 Å². The van der Waals surface area contributed by atoms with Gasteiger partial charge in [0.25, 0.3) is 0 Å². The maximum Gasteiger partial charge on any atom is 0.416 e. The van der Waals surface area contributed by atoms with E-state index in [1.54, 1.807) is 95.6 Å². The molecule has 0 aliphatic carbocycles. The van der Waals surface area contributed by atoms with Gasteiger partial charge in [0.15, 0.2) is 36.1 Å². The minimum atomic E-state index is -4.61. The average molecular weight is 882 g/mol. The molecule has 1 aliphatic rings. The summed E-state index contributed by atoms with van der Waals surface area (Å²) in [6.07, 6.45) is -12.6. The summed E-state index contributed by atoms with van der Waals surface area (Å²) in [6, 6.07) is 45.3. The first kappa shape index (κ1) is 43.7. The summed E-state index contributed by atoms with van der Waals surface area (Å²) in [5.41, 5.74) is 0.591. The van der Waals surface area contributed by atoms with Crippen LogP contribution in [0.3, 0.4) is 0 Å². The van der Waals surface area contributed by atoms with E-state index in [9.17, 15) is 32.3 Å². The minimum Gasteiger partial charge on any atom is -0.459 e. The van der Waals surface area contributed by atoms with Crippen molar-refractivity contribution < 1.29 is 56.0 Å². The quantitative estimate of drug-likeness (QED) is 0.0808. The van der Waals surface area contributed by atoms with Gasteiger partial charge in [0.1, 0.15) is 12.7 Å². The topological polar surface area (TPSA) is 145 Å². The van der Waals surface area contributed by atoms with E-state index in [4.69, 9.17) is 23.7 Å². The number of alkyl halides is 3. The maximum absolute atomic E-state index is 14.2. The first-order valence-corrected chi connectivity index (χ1v) is 20.3. The van der Waals surface area contributed by atoms with E-state index in [0.29, 0.717) is 5.56 Å². The summed E-state index contributed by atoms with van der Waals surface area (Å²) in [7, 11) is 0. The summed E-state index contributed by atoms with van der Waals surface area (Å²) in [5, 5.41) is 8.95. The standard InChI is InChI=1S/C50H38F3N3O9/c51-50(52,53)38-28-26-33(27-29-38)44-54-55-45(56(44)30-32-16-6-1-7-17-32)43-42(65-49(60)37-24-14-5-15-25-37)41(64-48(59)36-22-12-4-13-23-36)40(63-47(58)35-20-10-3-11-21-35)39(62-43)31-61-46(57)34-18-8-2-9-19-34/h1-29,39-43H,30-31H2/t39-,40-,41+,42-,43-/m1/s1. The molecule has 1 fully saturated rings. The molecule has 12 nitrogen and oxygen atoms in total. The second-order valence-electron chi connectivity index (χ2n) is 14.8. The minimum absolute atomic E-state index is 0.0211. The number of nitrogens with zero attached hydrogens (tertiary/aromatic N) is 3. The van der Waals surface area contributed by atoms with Gasteiger partial charge in [0.05, 0.1) is 34.4 Å². The zero-order valence-electron chi connectivity index (χ0n) is 34.2. The van der Waals surface area contributed by atoms with E-state index >= 15 is 0 Å². The Morgan fingerprint density at radius 1 is 0.523 bits per heavy atom. The molecule has 0 amide bonds. The monoisotopic (exact) mass is 881 g/mol. The van der Waals surface area contributed by atoms with Crippen molar-refractivity contribution in [1.82, 2.24) is 14.8 Å². The fourth-order valence-corrected chi connectivity index (χ4v) is 7.24. The Morgan fingerprint density at radius 3 is 1.43 bits per heavy atom. The van der Waals surface area contributed by atoms with E-state index in [-0.39, 0.29) is 46.0 Å². The highest BCUT2D eigenvalue weighted by atomic mass is 19.4. The summed E-state index contributed by atoms with van der Waals surface area (Å²) in [4.78, 5) is 55.8. The summed E-state index contributed by atoms with van der Waals surface area (Å²) in [5.74, 6) is -3.33. The lowest BCUT2D eigenvalue weighted by Gasteiger charge is -2.44. The predicted molar refractivity (Wildman–Crippen MR) is 227 cm³/mol. The average Bonchev–Trinajstić information content (AvgIpc) is 3.75. The van der Waals surface area contributed by atoms with Gasteiger partial charge < -0.3 is 28.3 Å². The number of carbonyl (C=O) groups excluding carboxylic acids is 4. The Balaban J connectivity index is 1.30. The van der Waals surface area contributed by atoms with E-state index in [0.717, 1.165) is 12.1 Å². The molecule has 0 saturated carbocycles. The number of carbonyl (C=O) groups is 4. The molecule has 2 heterocycles. The number of hydrogen-bond donors (Lipinski definition) is 0. The second kappa shape index (κ2) is 19.6. The zero-order valence-corrected chi connectivity index (χ0v) is 34.2. The van der Waals surface area contributed by atoms with Crippen LogP contribution in [0.4, 0.5) is 13.2 Å². The lowest BCUT2D eigenvalue weighted by atomic mass is 9.93. The Labute approximate surface area is 370 Å². The third-order valence-electron chi connectivity index (χ3n) is 10.5.